The van der Waals surface area contributed by atoms with Crippen molar-refractivity contribution in [1.82, 2.24) is 10.3 Å². The van der Waals surface area contributed by atoms with Crippen molar-refractivity contribution in [2.75, 3.05) is 12.4 Å². The van der Waals surface area contributed by atoms with Crippen LogP contribution in [0, 0.1) is 6.92 Å². The Balaban J connectivity index is 2.13. The van der Waals surface area contributed by atoms with Crippen molar-refractivity contribution >= 4 is 23.2 Å². The first-order valence-corrected chi connectivity index (χ1v) is 6.65. The summed E-state index contributed by atoms with van der Waals surface area (Å²) in [5, 5.41) is 6.37. The topological polar surface area (TPSA) is 54.0 Å². The molecule has 4 nitrogen and oxygen atoms in total. The summed E-state index contributed by atoms with van der Waals surface area (Å²) >= 11 is 5.94. The first-order chi connectivity index (χ1) is 9.61. The van der Waals surface area contributed by atoms with Crippen molar-refractivity contribution in [1.29, 1.82) is 0 Å². The average Bonchev–Trinajstić information content (AvgIpc) is 2.46. The van der Waals surface area contributed by atoms with Gasteiger partial charge in [-0.25, -0.2) is 0 Å². The monoisotopic (exact) mass is 289 g/mol. The zero-order valence-electron chi connectivity index (χ0n) is 11.4. The van der Waals surface area contributed by atoms with Crippen LogP contribution in [0.2, 0.25) is 5.02 Å². The summed E-state index contributed by atoms with van der Waals surface area (Å²) in [6, 6.07) is 9.01. The maximum absolute atomic E-state index is 12.2. The molecule has 0 aliphatic carbocycles. The molecule has 0 spiro atoms. The van der Waals surface area contributed by atoms with Gasteiger partial charge in [0.05, 0.1) is 17.8 Å². The molecule has 0 atom stereocenters. The Morgan fingerprint density at radius 1 is 1.35 bits per heavy atom. The van der Waals surface area contributed by atoms with Crippen LogP contribution in [-0.4, -0.2) is 17.9 Å². The lowest BCUT2D eigenvalue weighted by Crippen LogP contribution is -2.24. The number of nitrogens with zero attached hydrogens (tertiary/aromatic N) is 1. The van der Waals surface area contributed by atoms with E-state index in [-0.39, 0.29) is 5.91 Å². The molecule has 2 rings (SSSR count). The molecular weight excluding hydrogens is 274 g/mol. The maximum atomic E-state index is 12.2. The highest BCUT2D eigenvalue weighted by molar-refractivity contribution is 6.31. The number of carbonyl (C=O) groups is 1. The Morgan fingerprint density at radius 2 is 2.15 bits per heavy atom. The van der Waals surface area contributed by atoms with Gasteiger partial charge in [-0.2, -0.15) is 0 Å². The minimum Gasteiger partial charge on any atom is -0.387 e. The predicted molar refractivity (Wildman–Crippen MR) is 81.1 cm³/mol. The van der Waals surface area contributed by atoms with Gasteiger partial charge in [-0.05, 0) is 36.8 Å². The number of aryl methyl sites for hydroxylation is 1. The van der Waals surface area contributed by atoms with Crippen molar-refractivity contribution in [3.05, 3.63) is 58.4 Å². The SMILES string of the molecule is CNc1ccc(Cl)cc1C(=O)NCc1ncccc1C. The predicted octanol–water partition coefficient (Wildman–Crippen LogP) is 3.02. The second-order valence-electron chi connectivity index (χ2n) is 4.39. The third-order valence-electron chi connectivity index (χ3n) is 3.03. The summed E-state index contributed by atoms with van der Waals surface area (Å²) in [6.45, 7) is 2.36. The fraction of sp³-hybridized carbons (Fsp3) is 0.200. The standard InChI is InChI=1S/C15H16ClN3O/c1-10-4-3-7-18-14(10)9-19-15(20)12-8-11(16)5-6-13(12)17-2/h3-8,17H,9H2,1-2H3,(H,19,20). The smallest absolute Gasteiger partial charge is 0.253 e. The highest BCUT2D eigenvalue weighted by Gasteiger charge is 2.11. The van der Waals surface area contributed by atoms with Crippen molar-refractivity contribution in [2.24, 2.45) is 0 Å². The molecule has 2 aromatic rings. The van der Waals surface area contributed by atoms with Gasteiger partial charge >= 0.3 is 0 Å². The van der Waals surface area contributed by atoms with E-state index in [1.807, 2.05) is 19.1 Å². The molecule has 0 radical (unpaired) electrons. The minimum atomic E-state index is -0.179. The Morgan fingerprint density at radius 3 is 2.85 bits per heavy atom. The first-order valence-electron chi connectivity index (χ1n) is 6.28. The molecule has 104 valence electrons. The third-order valence-corrected chi connectivity index (χ3v) is 3.26. The van der Waals surface area contributed by atoms with Crippen molar-refractivity contribution < 1.29 is 4.79 Å². The van der Waals surface area contributed by atoms with Gasteiger partial charge in [-0.15, -0.1) is 0 Å². The van der Waals surface area contributed by atoms with Crippen LogP contribution in [0.1, 0.15) is 21.6 Å². The molecular formula is C15H16ClN3O. The molecule has 20 heavy (non-hydrogen) atoms. The first kappa shape index (κ1) is 14.3. The van der Waals surface area contributed by atoms with E-state index in [1.54, 1.807) is 31.4 Å². The fourth-order valence-corrected chi connectivity index (χ4v) is 2.06. The average molecular weight is 290 g/mol. The lowest BCUT2D eigenvalue weighted by molar-refractivity contribution is 0.0951. The molecule has 0 unspecified atom stereocenters. The van der Waals surface area contributed by atoms with Gasteiger partial charge in [0.2, 0.25) is 0 Å². The zero-order valence-corrected chi connectivity index (χ0v) is 12.2. The quantitative estimate of drug-likeness (QED) is 0.910. The molecule has 0 aliphatic rings. The Hall–Kier alpha value is -2.07. The van der Waals surface area contributed by atoms with E-state index >= 15 is 0 Å². The van der Waals surface area contributed by atoms with Crippen LogP contribution in [0.25, 0.3) is 0 Å². The van der Waals surface area contributed by atoms with Gasteiger partial charge in [-0.3, -0.25) is 9.78 Å². The van der Waals surface area contributed by atoms with E-state index in [0.717, 1.165) is 16.9 Å². The molecule has 1 aromatic heterocycles. The van der Waals surface area contributed by atoms with Crippen molar-refractivity contribution in [2.45, 2.75) is 13.5 Å². The Bertz CT molecular complexity index is 628. The van der Waals surface area contributed by atoms with E-state index in [4.69, 9.17) is 11.6 Å². The number of carbonyl (C=O) groups excluding carboxylic acids is 1. The van der Waals surface area contributed by atoms with Crippen molar-refractivity contribution in [3.63, 3.8) is 0 Å². The molecule has 0 saturated heterocycles. The van der Waals surface area contributed by atoms with Gasteiger partial charge in [0, 0.05) is 24.0 Å². The largest absolute Gasteiger partial charge is 0.387 e. The normalized spacial score (nSPS) is 10.2. The van der Waals surface area contributed by atoms with Crippen LogP contribution in [0.5, 0.6) is 0 Å². The summed E-state index contributed by atoms with van der Waals surface area (Å²) in [6.07, 6.45) is 1.72. The number of rotatable bonds is 4. The van der Waals surface area contributed by atoms with E-state index in [2.05, 4.69) is 15.6 Å². The summed E-state index contributed by atoms with van der Waals surface area (Å²) in [7, 11) is 1.77. The number of halogens is 1. The number of nitrogens with one attached hydrogen (secondary N) is 2. The highest BCUT2D eigenvalue weighted by Crippen LogP contribution is 2.20. The lowest BCUT2D eigenvalue weighted by Gasteiger charge is -2.11. The molecule has 0 fully saturated rings. The molecule has 0 bridgehead atoms. The van der Waals surface area contributed by atoms with Crippen LogP contribution >= 0.6 is 11.6 Å². The molecule has 1 aromatic carbocycles. The molecule has 1 heterocycles. The molecule has 2 N–H and O–H groups in total. The molecule has 5 heteroatoms. The second kappa shape index (κ2) is 6.39. The van der Waals surface area contributed by atoms with Crippen LogP contribution in [-0.2, 0) is 6.54 Å². The summed E-state index contributed by atoms with van der Waals surface area (Å²) < 4.78 is 0. The lowest BCUT2D eigenvalue weighted by atomic mass is 10.1. The van der Waals surface area contributed by atoms with E-state index in [1.165, 1.54) is 0 Å². The maximum Gasteiger partial charge on any atom is 0.253 e. The van der Waals surface area contributed by atoms with Gasteiger partial charge in [0.25, 0.3) is 5.91 Å². The number of pyridine rings is 1. The number of hydrogen-bond acceptors (Lipinski definition) is 3. The van der Waals surface area contributed by atoms with E-state index < -0.39 is 0 Å². The summed E-state index contributed by atoms with van der Waals surface area (Å²) in [5.41, 5.74) is 3.17. The second-order valence-corrected chi connectivity index (χ2v) is 4.83. The zero-order chi connectivity index (χ0) is 14.5. The fourth-order valence-electron chi connectivity index (χ4n) is 1.89. The summed E-state index contributed by atoms with van der Waals surface area (Å²) in [5.74, 6) is -0.179. The van der Waals surface area contributed by atoms with Gasteiger partial charge in [0.1, 0.15) is 0 Å². The summed E-state index contributed by atoms with van der Waals surface area (Å²) in [4.78, 5) is 16.5. The number of amides is 1. The number of benzene rings is 1. The minimum absolute atomic E-state index is 0.179. The van der Waals surface area contributed by atoms with E-state index in [9.17, 15) is 4.79 Å². The van der Waals surface area contributed by atoms with Crippen LogP contribution in [0.15, 0.2) is 36.5 Å². The third kappa shape index (κ3) is 3.27. The number of hydrogen-bond donors (Lipinski definition) is 2. The molecule has 1 amide bonds. The van der Waals surface area contributed by atoms with Crippen LogP contribution in [0.3, 0.4) is 0 Å². The van der Waals surface area contributed by atoms with Gasteiger partial charge < -0.3 is 10.6 Å². The highest BCUT2D eigenvalue weighted by atomic mass is 35.5. The van der Waals surface area contributed by atoms with Gasteiger partial charge in [-0.1, -0.05) is 17.7 Å². The Labute approximate surface area is 123 Å². The van der Waals surface area contributed by atoms with Crippen LogP contribution in [0.4, 0.5) is 5.69 Å². The molecule has 0 aliphatic heterocycles. The van der Waals surface area contributed by atoms with Crippen molar-refractivity contribution in [3.8, 4) is 0 Å². The van der Waals surface area contributed by atoms with E-state index in [0.29, 0.717) is 17.1 Å². The number of aromatic nitrogens is 1. The van der Waals surface area contributed by atoms with Crippen LogP contribution < -0.4 is 10.6 Å². The van der Waals surface area contributed by atoms with Gasteiger partial charge in [0.15, 0.2) is 0 Å². The Kier molecular flexibility index (Phi) is 4.58. The number of anilines is 1. The molecule has 0 saturated carbocycles.